The number of nitrogens with two attached hydrogens (primary N) is 1. The molecule has 0 amide bonds. The molecule has 1 unspecified atom stereocenters. The number of rotatable bonds is 4. The number of aromatic nitrogens is 2. The van der Waals surface area contributed by atoms with Gasteiger partial charge in [0.05, 0.1) is 4.88 Å². The highest BCUT2D eigenvalue weighted by Gasteiger charge is 2.13. The van der Waals surface area contributed by atoms with Gasteiger partial charge in [-0.3, -0.25) is 0 Å². The lowest BCUT2D eigenvalue weighted by Gasteiger charge is -2.17. The SMILES string of the molecule is Cc1ccc(C)c(C(N)Cn2ccnc2-c2cccs2)c1. The predicted molar refractivity (Wildman–Crippen MR) is 88.4 cm³/mol. The third-order valence-corrected chi connectivity index (χ3v) is 4.55. The van der Waals surface area contributed by atoms with Crippen LogP contribution in [0.15, 0.2) is 48.1 Å². The van der Waals surface area contributed by atoms with Crippen molar-refractivity contribution in [1.29, 1.82) is 0 Å². The number of imidazole rings is 1. The highest BCUT2D eigenvalue weighted by molar-refractivity contribution is 7.13. The average Bonchev–Trinajstić information content (AvgIpc) is 3.11. The van der Waals surface area contributed by atoms with Crippen LogP contribution in [0.25, 0.3) is 10.7 Å². The first-order valence-corrected chi connectivity index (χ1v) is 7.91. The molecule has 0 bridgehead atoms. The van der Waals surface area contributed by atoms with Gasteiger partial charge in [0.25, 0.3) is 0 Å². The van der Waals surface area contributed by atoms with Gasteiger partial charge in [0.1, 0.15) is 5.82 Å². The van der Waals surface area contributed by atoms with Gasteiger partial charge in [-0.15, -0.1) is 11.3 Å². The van der Waals surface area contributed by atoms with E-state index in [0.717, 1.165) is 12.4 Å². The van der Waals surface area contributed by atoms with E-state index in [1.807, 2.05) is 18.5 Å². The van der Waals surface area contributed by atoms with Crippen LogP contribution in [0.2, 0.25) is 0 Å². The minimum Gasteiger partial charge on any atom is -0.328 e. The Balaban J connectivity index is 1.87. The smallest absolute Gasteiger partial charge is 0.150 e. The summed E-state index contributed by atoms with van der Waals surface area (Å²) in [5.41, 5.74) is 10.1. The monoisotopic (exact) mass is 297 g/mol. The molecule has 0 aliphatic carbocycles. The molecule has 3 nitrogen and oxygen atoms in total. The molecule has 2 heterocycles. The summed E-state index contributed by atoms with van der Waals surface area (Å²) < 4.78 is 2.14. The second kappa shape index (κ2) is 5.84. The second-order valence-electron chi connectivity index (χ2n) is 5.35. The van der Waals surface area contributed by atoms with E-state index >= 15 is 0 Å². The lowest BCUT2D eigenvalue weighted by Crippen LogP contribution is -2.19. The molecule has 2 N–H and O–H groups in total. The topological polar surface area (TPSA) is 43.8 Å². The molecule has 0 fully saturated rings. The van der Waals surface area contributed by atoms with Crippen LogP contribution in [-0.2, 0) is 6.54 Å². The highest BCUT2D eigenvalue weighted by Crippen LogP contribution is 2.25. The standard InChI is InChI=1S/C17H19N3S/c1-12-5-6-13(2)14(10-12)15(18)11-20-8-7-19-17(20)16-4-3-9-21-16/h3-10,15H,11,18H2,1-2H3. The average molecular weight is 297 g/mol. The van der Waals surface area contributed by atoms with Gasteiger partial charge in [0, 0.05) is 25.0 Å². The Morgan fingerprint density at radius 1 is 1.29 bits per heavy atom. The van der Waals surface area contributed by atoms with E-state index in [1.54, 1.807) is 11.3 Å². The molecule has 0 saturated heterocycles. The van der Waals surface area contributed by atoms with E-state index in [4.69, 9.17) is 5.73 Å². The molecule has 21 heavy (non-hydrogen) atoms. The number of hydrogen-bond donors (Lipinski definition) is 1. The molecule has 0 aliphatic rings. The fourth-order valence-corrected chi connectivity index (χ4v) is 3.29. The van der Waals surface area contributed by atoms with E-state index in [2.05, 4.69) is 53.0 Å². The van der Waals surface area contributed by atoms with Crippen LogP contribution in [-0.4, -0.2) is 9.55 Å². The van der Waals surface area contributed by atoms with E-state index in [1.165, 1.54) is 21.6 Å². The van der Waals surface area contributed by atoms with Crippen molar-refractivity contribution in [3.8, 4) is 10.7 Å². The zero-order valence-electron chi connectivity index (χ0n) is 12.3. The largest absolute Gasteiger partial charge is 0.328 e. The Labute approximate surface area is 129 Å². The minimum absolute atomic E-state index is 0.0298. The van der Waals surface area contributed by atoms with Gasteiger partial charge in [-0.05, 0) is 36.4 Å². The van der Waals surface area contributed by atoms with Gasteiger partial charge in [0.15, 0.2) is 0 Å². The van der Waals surface area contributed by atoms with Gasteiger partial charge >= 0.3 is 0 Å². The maximum atomic E-state index is 6.43. The summed E-state index contributed by atoms with van der Waals surface area (Å²) in [5, 5.41) is 2.07. The molecule has 108 valence electrons. The van der Waals surface area contributed by atoms with Crippen molar-refractivity contribution in [3.63, 3.8) is 0 Å². The molecule has 1 atom stereocenters. The Kier molecular flexibility index (Phi) is 3.90. The molecule has 4 heteroatoms. The van der Waals surface area contributed by atoms with Gasteiger partial charge < -0.3 is 10.3 Å². The van der Waals surface area contributed by atoms with Crippen LogP contribution in [0, 0.1) is 13.8 Å². The van der Waals surface area contributed by atoms with Crippen molar-refractivity contribution in [2.75, 3.05) is 0 Å². The Bertz CT molecular complexity index is 728. The normalized spacial score (nSPS) is 12.5. The number of benzene rings is 1. The van der Waals surface area contributed by atoms with E-state index in [-0.39, 0.29) is 6.04 Å². The third kappa shape index (κ3) is 2.91. The third-order valence-electron chi connectivity index (χ3n) is 3.68. The summed E-state index contributed by atoms with van der Waals surface area (Å²) in [6.07, 6.45) is 3.84. The van der Waals surface area contributed by atoms with Crippen molar-refractivity contribution in [2.45, 2.75) is 26.4 Å². The fraction of sp³-hybridized carbons (Fsp3) is 0.235. The summed E-state index contributed by atoms with van der Waals surface area (Å²) >= 11 is 1.70. The van der Waals surface area contributed by atoms with Crippen LogP contribution in [0.4, 0.5) is 0 Å². The first-order valence-electron chi connectivity index (χ1n) is 7.03. The molecular formula is C17H19N3S. The van der Waals surface area contributed by atoms with Crippen molar-refractivity contribution in [1.82, 2.24) is 9.55 Å². The number of thiophene rings is 1. The van der Waals surface area contributed by atoms with E-state index in [9.17, 15) is 0 Å². The maximum Gasteiger partial charge on any atom is 0.150 e. The molecular weight excluding hydrogens is 278 g/mol. The highest BCUT2D eigenvalue weighted by atomic mass is 32.1. The fourth-order valence-electron chi connectivity index (χ4n) is 2.56. The zero-order valence-corrected chi connectivity index (χ0v) is 13.1. The van der Waals surface area contributed by atoms with Gasteiger partial charge in [-0.25, -0.2) is 4.98 Å². The lowest BCUT2D eigenvalue weighted by molar-refractivity contribution is 0.579. The van der Waals surface area contributed by atoms with Crippen molar-refractivity contribution >= 4 is 11.3 Å². The van der Waals surface area contributed by atoms with E-state index < -0.39 is 0 Å². The Morgan fingerprint density at radius 2 is 2.14 bits per heavy atom. The first kappa shape index (κ1) is 14.0. The molecule has 0 spiro atoms. The summed E-state index contributed by atoms with van der Waals surface area (Å²) in [7, 11) is 0. The van der Waals surface area contributed by atoms with Crippen LogP contribution in [0.5, 0.6) is 0 Å². The lowest BCUT2D eigenvalue weighted by atomic mass is 9.99. The summed E-state index contributed by atoms with van der Waals surface area (Å²) in [6, 6.07) is 10.6. The van der Waals surface area contributed by atoms with E-state index in [0.29, 0.717) is 0 Å². The first-order chi connectivity index (χ1) is 10.1. The molecule has 3 rings (SSSR count). The summed E-state index contributed by atoms with van der Waals surface area (Å²) in [4.78, 5) is 5.64. The van der Waals surface area contributed by atoms with Gasteiger partial charge in [0.2, 0.25) is 0 Å². The predicted octanol–water partition coefficient (Wildman–Crippen LogP) is 3.93. The summed E-state index contributed by atoms with van der Waals surface area (Å²) in [6.45, 7) is 4.95. The molecule has 0 radical (unpaired) electrons. The Morgan fingerprint density at radius 3 is 2.90 bits per heavy atom. The second-order valence-corrected chi connectivity index (χ2v) is 6.29. The molecule has 1 aromatic carbocycles. The minimum atomic E-state index is -0.0298. The van der Waals surface area contributed by atoms with Crippen molar-refractivity contribution in [3.05, 3.63) is 64.8 Å². The molecule has 0 saturated carbocycles. The molecule has 2 aromatic heterocycles. The van der Waals surface area contributed by atoms with Crippen molar-refractivity contribution < 1.29 is 0 Å². The van der Waals surface area contributed by atoms with Crippen LogP contribution in [0.3, 0.4) is 0 Å². The zero-order chi connectivity index (χ0) is 14.8. The quantitative estimate of drug-likeness (QED) is 0.793. The van der Waals surface area contributed by atoms with Gasteiger partial charge in [-0.2, -0.15) is 0 Å². The number of hydrogen-bond acceptors (Lipinski definition) is 3. The number of aryl methyl sites for hydroxylation is 2. The van der Waals surface area contributed by atoms with Crippen molar-refractivity contribution in [2.24, 2.45) is 5.73 Å². The Hall–Kier alpha value is -1.91. The molecule has 3 aromatic rings. The summed E-state index contributed by atoms with van der Waals surface area (Å²) in [5.74, 6) is 0.991. The number of nitrogens with zero attached hydrogens (tertiary/aromatic N) is 2. The molecule has 0 aliphatic heterocycles. The van der Waals surface area contributed by atoms with Crippen LogP contribution >= 0.6 is 11.3 Å². The van der Waals surface area contributed by atoms with Gasteiger partial charge in [-0.1, -0.05) is 29.8 Å². The maximum absolute atomic E-state index is 6.43. The van der Waals surface area contributed by atoms with Crippen LogP contribution < -0.4 is 5.73 Å². The van der Waals surface area contributed by atoms with Crippen LogP contribution in [0.1, 0.15) is 22.7 Å².